The lowest BCUT2D eigenvalue weighted by molar-refractivity contribution is -0.145. The fraction of sp³-hybridized carbons (Fsp3) is 0.609. The highest BCUT2D eigenvalue weighted by atomic mass is 32.2. The summed E-state index contributed by atoms with van der Waals surface area (Å²) in [5.74, 6) is -1.40. The lowest BCUT2D eigenvalue weighted by Gasteiger charge is -2.27. The summed E-state index contributed by atoms with van der Waals surface area (Å²) in [6, 6.07) is 3.78. The molecule has 2 heterocycles. The Morgan fingerprint density at radius 3 is 2.35 bits per heavy atom. The molecule has 1 saturated carbocycles. The molecule has 0 radical (unpaired) electrons. The van der Waals surface area contributed by atoms with Crippen LogP contribution in [0, 0.1) is 18.8 Å². The molecule has 3 unspecified atom stereocenters. The summed E-state index contributed by atoms with van der Waals surface area (Å²) in [5, 5.41) is 2.76. The zero-order chi connectivity index (χ0) is 24.5. The van der Waals surface area contributed by atoms with Gasteiger partial charge in [0.05, 0.1) is 29.9 Å². The normalized spacial score (nSPS) is 24.7. The largest absolute Gasteiger partial charge is 0.379 e. The van der Waals surface area contributed by atoms with E-state index in [0.717, 1.165) is 17.7 Å². The highest BCUT2D eigenvalue weighted by Gasteiger charge is 2.51. The number of thioether (sulfide) groups is 1. The van der Waals surface area contributed by atoms with Crippen molar-refractivity contribution in [3.8, 4) is 0 Å². The first-order chi connectivity index (χ1) is 16.3. The van der Waals surface area contributed by atoms with E-state index in [2.05, 4.69) is 5.32 Å². The predicted octanol–water partition coefficient (Wildman–Crippen LogP) is 1.86. The van der Waals surface area contributed by atoms with Crippen LogP contribution in [0.2, 0.25) is 0 Å². The molecule has 3 fully saturated rings. The van der Waals surface area contributed by atoms with Crippen molar-refractivity contribution >= 4 is 45.2 Å². The van der Waals surface area contributed by atoms with Crippen molar-refractivity contribution in [1.82, 2.24) is 9.21 Å². The molecule has 3 atom stereocenters. The van der Waals surface area contributed by atoms with Crippen molar-refractivity contribution in [2.45, 2.75) is 43.5 Å². The quantitative estimate of drug-likeness (QED) is 0.558. The molecule has 1 aliphatic carbocycles. The number of carbonyl (C=O) groups is 3. The molecule has 0 aromatic heterocycles. The number of hydrogen-bond donors (Lipinski definition) is 1. The second kappa shape index (κ2) is 10.3. The van der Waals surface area contributed by atoms with Crippen LogP contribution in [0.25, 0.3) is 0 Å². The number of anilines is 1. The topological polar surface area (TPSA) is 113 Å². The van der Waals surface area contributed by atoms with Crippen LogP contribution in [0.5, 0.6) is 0 Å². The molecule has 3 amide bonds. The van der Waals surface area contributed by atoms with Crippen molar-refractivity contribution in [2.75, 3.05) is 43.6 Å². The Bertz CT molecular complexity index is 1050. The molecule has 11 heteroatoms. The number of nitrogens with one attached hydrogen (secondary N) is 1. The number of sulfonamides is 1. The minimum atomic E-state index is -3.75. The van der Waals surface area contributed by atoms with Gasteiger partial charge in [0.15, 0.2) is 0 Å². The Morgan fingerprint density at radius 2 is 1.76 bits per heavy atom. The van der Waals surface area contributed by atoms with Gasteiger partial charge in [-0.3, -0.25) is 19.3 Å². The van der Waals surface area contributed by atoms with Crippen LogP contribution in [0.15, 0.2) is 23.1 Å². The molecule has 1 N–H and O–H groups in total. The average Bonchev–Trinajstić information content (AvgIpc) is 3.09. The lowest BCUT2D eigenvalue weighted by Crippen LogP contribution is -2.49. The average molecular weight is 510 g/mol. The van der Waals surface area contributed by atoms with Crippen LogP contribution in [0.4, 0.5) is 5.69 Å². The van der Waals surface area contributed by atoms with Gasteiger partial charge in [0, 0.05) is 24.5 Å². The van der Waals surface area contributed by atoms with E-state index in [1.54, 1.807) is 19.1 Å². The summed E-state index contributed by atoms with van der Waals surface area (Å²) in [4.78, 5) is 40.7. The number of rotatable bonds is 7. The maximum absolute atomic E-state index is 13.3. The lowest BCUT2D eigenvalue weighted by atomic mass is 9.81. The van der Waals surface area contributed by atoms with Gasteiger partial charge >= 0.3 is 0 Å². The fourth-order valence-corrected chi connectivity index (χ4v) is 7.30. The van der Waals surface area contributed by atoms with Crippen molar-refractivity contribution in [3.63, 3.8) is 0 Å². The number of ether oxygens (including phenoxy) is 1. The monoisotopic (exact) mass is 509 g/mol. The van der Waals surface area contributed by atoms with Crippen molar-refractivity contribution in [1.29, 1.82) is 0 Å². The van der Waals surface area contributed by atoms with Gasteiger partial charge in [-0.25, -0.2) is 8.42 Å². The van der Waals surface area contributed by atoms with E-state index >= 15 is 0 Å². The number of imide groups is 1. The van der Waals surface area contributed by atoms with E-state index in [1.807, 2.05) is 6.26 Å². The van der Waals surface area contributed by atoms with E-state index < -0.39 is 22.0 Å². The number of fused-ring (bicyclic) bond motifs is 1. The Balaban J connectivity index is 1.56. The number of hydrogen-bond acceptors (Lipinski definition) is 7. The zero-order valence-corrected chi connectivity index (χ0v) is 21.1. The maximum atomic E-state index is 13.3. The number of amides is 3. The molecule has 1 aromatic carbocycles. The highest BCUT2D eigenvalue weighted by molar-refractivity contribution is 7.98. The molecule has 2 aliphatic heterocycles. The number of morpholine rings is 1. The Hall–Kier alpha value is -1.95. The van der Waals surface area contributed by atoms with Gasteiger partial charge in [-0.05, 0) is 43.7 Å². The number of carbonyl (C=O) groups excluding carboxylic acids is 3. The first-order valence-electron chi connectivity index (χ1n) is 11.6. The summed E-state index contributed by atoms with van der Waals surface area (Å²) in [7, 11) is -3.75. The molecule has 186 valence electrons. The second-order valence-electron chi connectivity index (χ2n) is 9.00. The van der Waals surface area contributed by atoms with Crippen LogP contribution in [-0.4, -0.2) is 79.7 Å². The van der Waals surface area contributed by atoms with Crippen LogP contribution < -0.4 is 5.32 Å². The summed E-state index contributed by atoms with van der Waals surface area (Å²) >= 11 is 1.38. The molecular formula is C23H31N3O6S2. The summed E-state index contributed by atoms with van der Waals surface area (Å²) in [6.45, 7) is 2.93. The second-order valence-corrected chi connectivity index (χ2v) is 11.8. The third-order valence-corrected chi connectivity index (χ3v) is 9.55. The molecule has 0 spiro atoms. The number of benzene rings is 1. The van der Waals surface area contributed by atoms with Gasteiger partial charge in [0.2, 0.25) is 27.7 Å². The Morgan fingerprint density at radius 1 is 1.15 bits per heavy atom. The number of aryl methyl sites for hydroxylation is 1. The van der Waals surface area contributed by atoms with E-state index in [4.69, 9.17) is 4.74 Å². The molecule has 0 bridgehead atoms. The van der Waals surface area contributed by atoms with Gasteiger partial charge < -0.3 is 10.1 Å². The van der Waals surface area contributed by atoms with E-state index in [-0.39, 0.29) is 47.4 Å². The number of likely N-dealkylation sites (tertiary alicyclic amines) is 1. The third kappa shape index (κ3) is 4.75. The van der Waals surface area contributed by atoms with Crippen molar-refractivity contribution in [2.24, 2.45) is 11.8 Å². The summed E-state index contributed by atoms with van der Waals surface area (Å²) in [5.41, 5.74) is 0.879. The van der Waals surface area contributed by atoms with Gasteiger partial charge in [0.1, 0.15) is 6.04 Å². The minimum Gasteiger partial charge on any atom is -0.379 e. The zero-order valence-electron chi connectivity index (χ0n) is 19.5. The van der Waals surface area contributed by atoms with Crippen molar-refractivity contribution in [3.05, 3.63) is 23.8 Å². The SMILES string of the molecule is CSCC(C(=O)Nc1ccc(C)c(S(=O)(=O)N2CCOCC2)c1)N1C(=O)C2CCCCC2C1=O. The van der Waals surface area contributed by atoms with E-state index in [9.17, 15) is 22.8 Å². The van der Waals surface area contributed by atoms with E-state index in [0.29, 0.717) is 37.3 Å². The van der Waals surface area contributed by atoms with E-state index in [1.165, 1.54) is 22.1 Å². The standard InChI is InChI=1S/C23H31N3O6S2/c1-15-7-8-16(13-20(15)34(30,31)25-9-11-32-12-10-25)24-21(27)19(14-33-2)26-22(28)17-5-3-4-6-18(17)23(26)29/h7-8,13,17-19H,3-6,9-12,14H2,1-2H3,(H,24,27). The van der Waals surface area contributed by atoms with Crippen LogP contribution in [0.3, 0.4) is 0 Å². The molecule has 2 saturated heterocycles. The molecule has 3 aliphatic rings. The Labute approximate surface area is 204 Å². The molecule has 1 aromatic rings. The van der Waals surface area contributed by atoms with Crippen molar-refractivity contribution < 1.29 is 27.5 Å². The fourth-order valence-electron chi connectivity index (χ4n) is 5.03. The first kappa shape index (κ1) is 25.2. The molecule has 34 heavy (non-hydrogen) atoms. The number of nitrogens with zero attached hydrogens (tertiary/aromatic N) is 2. The van der Waals surface area contributed by atoms with Gasteiger partial charge in [-0.2, -0.15) is 16.1 Å². The third-order valence-electron chi connectivity index (χ3n) is 6.86. The van der Waals surface area contributed by atoms with Gasteiger partial charge in [-0.1, -0.05) is 18.9 Å². The van der Waals surface area contributed by atoms with Gasteiger partial charge in [-0.15, -0.1) is 0 Å². The highest BCUT2D eigenvalue weighted by Crippen LogP contribution is 2.39. The first-order valence-corrected chi connectivity index (χ1v) is 14.4. The predicted molar refractivity (Wildman–Crippen MR) is 129 cm³/mol. The summed E-state index contributed by atoms with van der Waals surface area (Å²) < 4.78 is 33.0. The molecular weight excluding hydrogens is 478 g/mol. The molecule has 9 nitrogen and oxygen atoms in total. The summed E-state index contributed by atoms with van der Waals surface area (Å²) in [6.07, 6.45) is 5.01. The maximum Gasteiger partial charge on any atom is 0.248 e. The van der Waals surface area contributed by atoms with Crippen LogP contribution in [-0.2, 0) is 29.1 Å². The minimum absolute atomic E-state index is 0.118. The van der Waals surface area contributed by atoms with Gasteiger partial charge in [0.25, 0.3) is 0 Å². The van der Waals surface area contributed by atoms with Crippen LogP contribution in [0.1, 0.15) is 31.2 Å². The molecule has 4 rings (SSSR count). The van der Waals surface area contributed by atoms with Crippen LogP contribution >= 0.6 is 11.8 Å². The Kier molecular flexibility index (Phi) is 7.66. The smallest absolute Gasteiger partial charge is 0.248 e.